The molecule has 0 aromatic rings. The number of hydrogen-bond acceptors (Lipinski definition) is 3. The zero-order valence-electron chi connectivity index (χ0n) is 10.8. The molecule has 0 bridgehead atoms. The highest BCUT2D eigenvalue weighted by atomic mass is 35.5. The number of likely N-dealkylation sites (tertiary alicyclic amines) is 1. The molecule has 2 atom stereocenters. The molecule has 0 saturated carbocycles. The van der Waals surface area contributed by atoms with Crippen LogP contribution in [0.25, 0.3) is 0 Å². The topological polar surface area (TPSA) is 41.6 Å². The van der Waals surface area contributed by atoms with Crippen LogP contribution in [0.2, 0.25) is 0 Å². The van der Waals surface area contributed by atoms with Gasteiger partial charge in [-0.25, -0.2) is 0 Å². The maximum Gasteiger partial charge on any atom is 0.226 e. The number of piperidine rings is 1. The first-order valence-electron chi connectivity index (χ1n) is 6.86. The van der Waals surface area contributed by atoms with Crippen LogP contribution in [-0.2, 0) is 9.53 Å². The van der Waals surface area contributed by atoms with Crippen molar-refractivity contribution in [1.29, 1.82) is 0 Å². The van der Waals surface area contributed by atoms with Crippen LogP contribution >= 0.6 is 12.4 Å². The number of carbonyl (C=O) groups is 1. The van der Waals surface area contributed by atoms with Gasteiger partial charge in [0.2, 0.25) is 5.91 Å². The summed E-state index contributed by atoms with van der Waals surface area (Å²) in [5.41, 5.74) is 0.303. The molecule has 0 aromatic heterocycles. The van der Waals surface area contributed by atoms with Crippen LogP contribution in [0.1, 0.15) is 25.7 Å². The van der Waals surface area contributed by atoms with Gasteiger partial charge in [0.25, 0.3) is 0 Å². The summed E-state index contributed by atoms with van der Waals surface area (Å²) in [6.45, 7) is 5.56. The molecule has 3 saturated heterocycles. The third kappa shape index (κ3) is 2.65. The second-order valence-corrected chi connectivity index (χ2v) is 5.86. The zero-order chi connectivity index (χ0) is 11.7. The highest BCUT2D eigenvalue weighted by Gasteiger charge is 2.43. The van der Waals surface area contributed by atoms with Crippen LogP contribution in [0.15, 0.2) is 0 Å². The number of amides is 1. The molecule has 104 valence electrons. The van der Waals surface area contributed by atoms with Crippen molar-refractivity contribution in [3.8, 4) is 0 Å². The van der Waals surface area contributed by atoms with Gasteiger partial charge in [0.15, 0.2) is 0 Å². The predicted octanol–water partition coefficient (Wildman–Crippen LogP) is 1.05. The Morgan fingerprint density at radius 3 is 2.94 bits per heavy atom. The average Bonchev–Trinajstić information content (AvgIpc) is 3.01. The fourth-order valence-electron chi connectivity index (χ4n) is 3.42. The van der Waals surface area contributed by atoms with Gasteiger partial charge in [-0.05, 0) is 32.2 Å². The summed E-state index contributed by atoms with van der Waals surface area (Å²) < 4.78 is 5.51. The molecule has 1 N–H and O–H groups in total. The molecule has 1 amide bonds. The second-order valence-electron chi connectivity index (χ2n) is 5.86. The Balaban J connectivity index is 0.00000120. The van der Waals surface area contributed by atoms with E-state index in [0.29, 0.717) is 11.3 Å². The normalized spacial score (nSPS) is 35.8. The molecule has 0 radical (unpaired) electrons. The predicted molar refractivity (Wildman–Crippen MR) is 71.9 cm³/mol. The van der Waals surface area contributed by atoms with Crippen LogP contribution in [0.4, 0.5) is 0 Å². The van der Waals surface area contributed by atoms with Gasteiger partial charge in [-0.1, -0.05) is 0 Å². The molecule has 0 aliphatic carbocycles. The largest absolute Gasteiger partial charge is 0.381 e. The van der Waals surface area contributed by atoms with E-state index in [1.807, 2.05) is 0 Å². The van der Waals surface area contributed by atoms with E-state index in [0.717, 1.165) is 65.1 Å². The lowest BCUT2D eigenvalue weighted by molar-refractivity contribution is -0.135. The number of carbonyl (C=O) groups excluding carboxylic acids is 1. The first kappa shape index (κ1) is 14.1. The molecule has 3 fully saturated rings. The van der Waals surface area contributed by atoms with E-state index < -0.39 is 0 Å². The van der Waals surface area contributed by atoms with Gasteiger partial charge in [0.05, 0.1) is 12.5 Å². The average molecular weight is 275 g/mol. The molecule has 1 spiro atoms. The molecular weight excluding hydrogens is 252 g/mol. The fraction of sp³-hybridized carbons (Fsp3) is 0.923. The smallest absolute Gasteiger partial charge is 0.226 e. The van der Waals surface area contributed by atoms with Crippen molar-refractivity contribution in [2.45, 2.75) is 25.7 Å². The minimum Gasteiger partial charge on any atom is -0.381 e. The van der Waals surface area contributed by atoms with Gasteiger partial charge in [-0.2, -0.15) is 0 Å². The summed E-state index contributed by atoms with van der Waals surface area (Å²) in [6, 6.07) is 0. The molecule has 3 heterocycles. The van der Waals surface area contributed by atoms with E-state index >= 15 is 0 Å². The standard InChI is InChI=1S/C13H22N2O2.ClH/c16-12(11-2-1-5-14-8-11)15-6-3-13(9-15)4-7-17-10-13;/h11,14H,1-10H2;1H. The number of halogens is 1. The third-order valence-electron chi connectivity index (χ3n) is 4.58. The maximum absolute atomic E-state index is 12.4. The van der Waals surface area contributed by atoms with Gasteiger partial charge < -0.3 is 15.0 Å². The van der Waals surface area contributed by atoms with Crippen LogP contribution < -0.4 is 5.32 Å². The molecule has 3 rings (SSSR count). The summed E-state index contributed by atoms with van der Waals surface area (Å²) in [5, 5.41) is 3.33. The number of ether oxygens (including phenoxy) is 1. The van der Waals surface area contributed by atoms with E-state index in [-0.39, 0.29) is 18.3 Å². The van der Waals surface area contributed by atoms with Gasteiger partial charge in [0.1, 0.15) is 0 Å². The SMILES string of the molecule is Cl.O=C(C1CCCNC1)N1CCC2(CCOC2)C1. The minimum absolute atomic E-state index is 0. The number of nitrogens with one attached hydrogen (secondary N) is 1. The highest BCUT2D eigenvalue weighted by molar-refractivity contribution is 5.85. The lowest BCUT2D eigenvalue weighted by atomic mass is 9.87. The number of hydrogen-bond donors (Lipinski definition) is 1. The molecule has 18 heavy (non-hydrogen) atoms. The molecule has 5 heteroatoms. The molecule has 3 aliphatic rings. The minimum atomic E-state index is 0. The molecule has 2 unspecified atom stereocenters. The van der Waals surface area contributed by atoms with E-state index in [1.54, 1.807) is 0 Å². The van der Waals surface area contributed by atoms with Crippen LogP contribution in [-0.4, -0.2) is 50.2 Å². The summed E-state index contributed by atoms with van der Waals surface area (Å²) in [5.74, 6) is 0.599. The van der Waals surface area contributed by atoms with Crippen molar-refractivity contribution in [2.75, 3.05) is 39.4 Å². The molecule has 3 aliphatic heterocycles. The lowest BCUT2D eigenvalue weighted by Gasteiger charge is -2.28. The Morgan fingerprint density at radius 1 is 1.39 bits per heavy atom. The number of rotatable bonds is 1. The Morgan fingerprint density at radius 2 is 2.28 bits per heavy atom. The van der Waals surface area contributed by atoms with E-state index in [2.05, 4.69) is 10.2 Å². The lowest BCUT2D eigenvalue weighted by Crippen LogP contribution is -2.43. The van der Waals surface area contributed by atoms with Crippen LogP contribution in [0, 0.1) is 11.3 Å². The maximum atomic E-state index is 12.4. The van der Waals surface area contributed by atoms with E-state index in [9.17, 15) is 4.79 Å². The molecular formula is C13H23ClN2O2. The highest BCUT2D eigenvalue weighted by Crippen LogP contribution is 2.38. The van der Waals surface area contributed by atoms with Crippen molar-refractivity contribution in [3.05, 3.63) is 0 Å². The van der Waals surface area contributed by atoms with Gasteiger partial charge >= 0.3 is 0 Å². The first-order valence-corrected chi connectivity index (χ1v) is 6.86. The quantitative estimate of drug-likeness (QED) is 0.777. The molecule has 4 nitrogen and oxygen atoms in total. The van der Waals surface area contributed by atoms with Gasteiger partial charge in [-0.3, -0.25) is 4.79 Å². The second kappa shape index (κ2) is 5.76. The molecule has 0 aromatic carbocycles. The van der Waals surface area contributed by atoms with Crippen molar-refractivity contribution >= 4 is 18.3 Å². The van der Waals surface area contributed by atoms with Crippen molar-refractivity contribution < 1.29 is 9.53 Å². The summed E-state index contributed by atoms with van der Waals surface area (Å²) >= 11 is 0. The van der Waals surface area contributed by atoms with Gasteiger partial charge in [-0.15, -0.1) is 12.4 Å². The van der Waals surface area contributed by atoms with Crippen molar-refractivity contribution in [2.24, 2.45) is 11.3 Å². The van der Waals surface area contributed by atoms with Crippen molar-refractivity contribution in [3.63, 3.8) is 0 Å². The van der Waals surface area contributed by atoms with Crippen LogP contribution in [0.3, 0.4) is 0 Å². The summed E-state index contributed by atoms with van der Waals surface area (Å²) in [7, 11) is 0. The third-order valence-corrected chi connectivity index (χ3v) is 4.58. The Hall–Kier alpha value is -0.320. The van der Waals surface area contributed by atoms with E-state index in [4.69, 9.17) is 4.74 Å². The summed E-state index contributed by atoms with van der Waals surface area (Å²) in [6.07, 6.45) is 4.48. The monoisotopic (exact) mass is 274 g/mol. The summed E-state index contributed by atoms with van der Waals surface area (Å²) in [4.78, 5) is 14.5. The Bertz CT molecular complexity index is 299. The van der Waals surface area contributed by atoms with Gasteiger partial charge in [0, 0.05) is 31.7 Å². The fourth-order valence-corrected chi connectivity index (χ4v) is 3.42. The van der Waals surface area contributed by atoms with E-state index in [1.165, 1.54) is 0 Å². The first-order chi connectivity index (χ1) is 8.29. The Kier molecular flexibility index (Phi) is 4.51. The number of nitrogens with zero attached hydrogens (tertiary/aromatic N) is 1. The van der Waals surface area contributed by atoms with Crippen molar-refractivity contribution in [1.82, 2.24) is 10.2 Å². The zero-order valence-corrected chi connectivity index (χ0v) is 11.6. The Labute approximate surface area is 115 Å². The van der Waals surface area contributed by atoms with Crippen LogP contribution in [0.5, 0.6) is 0 Å².